The van der Waals surface area contributed by atoms with Gasteiger partial charge in [-0.1, -0.05) is 24.3 Å². The van der Waals surface area contributed by atoms with Crippen molar-refractivity contribution in [3.8, 4) is 11.4 Å². The molecule has 0 saturated carbocycles. The average Bonchev–Trinajstić information content (AvgIpc) is 3.32. The van der Waals surface area contributed by atoms with Crippen molar-refractivity contribution < 1.29 is 14.3 Å². The Morgan fingerprint density at radius 2 is 1.90 bits per heavy atom. The van der Waals surface area contributed by atoms with Gasteiger partial charge in [0.15, 0.2) is 0 Å². The van der Waals surface area contributed by atoms with Crippen LogP contribution < -0.4 is 10.1 Å². The molecule has 2 amide bonds. The first-order chi connectivity index (χ1) is 14.5. The van der Waals surface area contributed by atoms with E-state index in [9.17, 15) is 9.59 Å². The Hall–Kier alpha value is -3.68. The third kappa shape index (κ3) is 4.83. The summed E-state index contributed by atoms with van der Waals surface area (Å²) < 4.78 is 7.14. The number of hydrogen-bond donors (Lipinski definition) is 1. The Kier molecular flexibility index (Phi) is 6.79. The molecular weight excluding hydrogens is 382 g/mol. The van der Waals surface area contributed by atoms with E-state index >= 15 is 0 Å². The molecule has 30 heavy (non-hydrogen) atoms. The molecule has 3 aromatic rings. The fourth-order valence-corrected chi connectivity index (χ4v) is 3.00. The van der Waals surface area contributed by atoms with E-state index in [0.717, 1.165) is 11.3 Å². The SMILES string of the molecule is CCOc1ccccc1C(=O)NCC(=O)N(C)[C@H](C)c1ccc(-n2cncn2)cc1. The Morgan fingerprint density at radius 3 is 2.57 bits per heavy atom. The number of likely N-dealkylation sites (N-methyl/N-ethyl adjacent to an activating group) is 1. The summed E-state index contributed by atoms with van der Waals surface area (Å²) in [5, 5.41) is 6.78. The zero-order chi connectivity index (χ0) is 21.5. The van der Waals surface area contributed by atoms with Gasteiger partial charge in [-0.3, -0.25) is 9.59 Å². The number of carbonyl (C=O) groups excluding carboxylic acids is 2. The summed E-state index contributed by atoms with van der Waals surface area (Å²) in [7, 11) is 1.72. The van der Waals surface area contributed by atoms with Gasteiger partial charge in [0.2, 0.25) is 5.91 Å². The van der Waals surface area contributed by atoms with Crippen LogP contribution in [-0.4, -0.2) is 51.7 Å². The van der Waals surface area contributed by atoms with Crippen LogP contribution in [0.15, 0.2) is 61.2 Å². The summed E-state index contributed by atoms with van der Waals surface area (Å²) in [6.07, 6.45) is 3.10. The monoisotopic (exact) mass is 407 g/mol. The third-order valence-corrected chi connectivity index (χ3v) is 4.86. The molecule has 1 N–H and O–H groups in total. The maximum absolute atomic E-state index is 12.6. The molecule has 0 aliphatic carbocycles. The van der Waals surface area contributed by atoms with Crippen molar-refractivity contribution in [1.29, 1.82) is 0 Å². The van der Waals surface area contributed by atoms with Gasteiger partial charge < -0.3 is 15.0 Å². The highest BCUT2D eigenvalue weighted by Crippen LogP contribution is 2.21. The summed E-state index contributed by atoms with van der Waals surface area (Å²) in [5.74, 6) is -0.0325. The molecule has 0 saturated heterocycles. The number of rotatable bonds is 8. The minimum absolute atomic E-state index is 0.100. The van der Waals surface area contributed by atoms with Crippen LogP contribution in [0.4, 0.5) is 0 Å². The predicted molar refractivity (Wildman–Crippen MR) is 112 cm³/mol. The number of nitrogens with zero attached hydrogens (tertiary/aromatic N) is 4. The van der Waals surface area contributed by atoms with E-state index in [2.05, 4.69) is 15.4 Å². The molecule has 0 aliphatic rings. The summed E-state index contributed by atoms with van der Waals surface area (Å²) in [6, 6.07) is 14.6. The van der Waals surface area contributed by atoms with E-state index in [1.165, 1.54) is 6.33 Å². The molecule has 3 rings (SSSR count). The van der Waals surface area contributed by atoms with E-state index < -0.39 is 0 Å². The van der Waals surface area contributed by atoms with Gasteiger partial charge in [-0.25, -0.2) is 9.67 Å². The van der Waals surface area contributed by atoms with Gasteiger partial charge in [-0.05, 0) is 43.7 Å². The molecule has 0 radical (unpaired) electrons. The number of hydrogen-bond acceptors (Lipinski definition) is 5. The maximum Gasteiger partial charge on any atom is 0.255 e. The minimum atomic E-state index is -0.342. The topological polar surface area (TPSA) is 89.4 Å². The lowest BCUT2D eigenvalue weighted by molar-refractivity contribution is -0.130. The Bertz CT molecular complexity index is 986. The third-order valence-electron chi connectivity index (χ3n) is 4.86. The van der Waals surface area contributed by atoms with Crippen LogP contribution in [0.1, 0.15) is 35.8 Å². The fraction of sp³-hybridized carbons (Fsp3) is 0.273. The molecule has 0 unspecified atom stereocenters. The summed E-state index contributed by atoms with van der Waals surface area (Å²) >= 11 is 0. The van der Waals surface area contributed by atoms with Gasteiger partial charge in [0.1, 0.15) is 18.4 Å². The van der Waals surface area contributed by atoms with Crippen molar-refractivity contribution in [2.24, 2.45) is 0 Å². The van der Waals surface area contributed by atoms with Crippen LogP contribution in [0.25, 0.3) is 5.69 Å². The van der Waals surface area contributed by atoms with E-state index in [0.29, 0.717) is 17.9 Å². The van der Waals surface area contributed by atoms with Crippen LogP contribution in [0, 0.1) is 0 Å². The molecule has 0 bridgehead atoms. The second kappa shape index (κ2) is 9.69. The fourth-order valence-electron chi connectivity index (χ4n) is 3.00. The van der Waals surface area contributed by atoms with Gasteiger partial charge in [0, 0.05) is 7.05 Å². The minimum Gasteiger partial charge on any atom is -0.493 e. The van der Waals surface area contributed by atoms with Crippen LogP contribution in [0.2, 0.25) is 0 Å². The number of carbonyl (C=O) groups is 2. The first-order valence-electron chi connectivity index (χ1n) is 9.72. The van der Waals surface area contributed by atoms with Crippen molar-refractivity contribution in [3.05, 3.63) is 72.3 Å². The number of para-hydroxylation sites is 1. The quantitative estimate of drug-likeness (QED) is 0.620. The average molecular weight is 407 g/mol. The van der Waals surface area contributed by atoms with Crippen molar-refractivity contribution in [1.82, 2.24) is 25.0 Å². The number of aromatic nitrogens is 3. The molecule has 156 valence electrons. The Labute approximate surface area is 175 Å². The standard InChI is InChI=1S/C22H25N5O3/c1-4-30-20-8-6-5-7-19(20)22(29)24-13-21(28)26(3)16(2)17-9-11-18(12-10-17)27-15-23-14-25-27/h5-12,14-16H,4,13H2,1-3H3,(H,24,29)/t16-/m1/s1. The molecule has 8 heteroatoms. The van der Waals surface area contributed by atoms with Gasteiger partial charge >= 0.3 is 0 Å². The summed E-state index contributed by atoms with van der Waals surface area (Å²) in [5.41, 5.74) is 2.27. The number of ether oxygens (including phenoxy) is 1. The molecule has 1 aromatic heterocycles. The Balaban J connectivity index is 1.59. The van der Waals surface area contributed by atoms with Crippen LogP contribution in [-0.2, 0) is 4.79 Å². The molecule has 2 aromatic carbocycles. The molecule has 0 fully saturated rings. The van der Waals surface area contributed by atoms with Crippen LogP contribution >= 0.6 is 0 Å². The lowest BCUT2D eigenvalue weighted by Crippen LogP contribution is -2.39. The maximum atomic E-state index is 12.6. The molecule has 0 aliphatic heterocycles. The predicted octanol–water partition coefficient (Wildman–Crippen LogP) is 2.62. The molecule has 8 nitrogen and oxygen atoms in total. The van der Waals surface area contributed by atoms with Crippen molar-refractivity contribution in [2.75, 3.05) is 20.2 Å². The lowest BCUT2D eigenvalue weighted by Gasteiger charge is -2.25. The number of benzene rings is 2. The van der Waals surface area contributed by atoms with E-state index in [1.807, 2.05) is 38.1 Å². The van der Waals surface area contributed by atoms with Gasteiger partial charge in [-0.2, -0.15) is 5.10 Å². The largest absolute Gasteiger partial charge is 0.493 e. The van der Waals surface area contributed by atoms with Gasteiger partial charge in [0.05, 0.1) is 30.4 Å². The first-order valence-corrected chi connectivity index (χ1v) is 9.72. The highest BCUT2D eigenvalue weighted by molar-refractivity contribution is 5.98. The molecular formula is C22H25N5O3. The van der Waals surface area contributed by atoms with Crippen LogP contribution in [0.5, 0.6) is 5.75 Å². The normalized spacial score (nSPS) is 11.6. The lowest BCUT2D eigenvalue weighted by atomic mass is 10.1. The van der Waals surface area contributed by atoms with Gasteiger partial charge in [-0.15, -0.1) is 0 Å². The van der Waals surface area contributed by atoms with E-state index in [-0.39, 0.29) is 24.4 Å². The van der Waals surface area contributed by atoms with Crippen molar-refractivity contribution in [3.63, 3.8) is 0 Å². The van der Waals surface area contributed by atoms with E-state index in [1.54, 1.807) is 47.2 Å². The first kappa shape index (κ1) is 21.0. The van der Waals surface area contributed by atoms with Crippen LogP contribution in [0.3, 0.4) is 0 Å². The highest BCUT2D eigenvalue weighted by Gasteiger charge is 2.19. The van der Waals surface area contributed by atoms with Gasteiger partial charge in [0.25, 0.3) is 5.91 Å². The molecule has 1 heterocycles. The zero-order valence-electron chi connectivity index (χ0n) is 17.3. The highest BCUT2D eigenvalue weighted by atomic mass is 16.5. The summed E-state index contributed by atoms with van der Waals surface area (Å²) in [4.78, 5) is 30.6. The van der Waals surface area contributed by atoms with E-state index in [4.69, 9.17) is 4.74 Å². The number of amides is 2. The second-order valence-corrected chi connectivity index (χ2v) is 6.72. The second-order valence-electron chi connectivity index (χ2n) is 6.72. The Morgan fingerprint density at radius 1 is 1.17 bits per heavy atom. The van der Waals surface area contributed by atoms with Crippen molar-refractivity contribution >= 4 is 11.8 Å². The number of nitrogens with one attached hydrogen (secondary N) is 1. The summed E-state index contributed by atoms with van der Waals surface area (Å²) in [6.45, 7) is 4.15. The van der Waals surface area contributed by atoms with Crippen molar-refractivity contribution in [2.45, 2.75) is 19.9 Å². The zero-order valence-corrected chi connectivity index (χ0v) is 17.3. The molecule has 1 atom stereocenters. The molecule has 0 spiro atoms. The smallest absolute Gasteiger partial charge is 0.255 e.